The minimum atomic E-state index is 0.0635. The normalized spacial score (nSPS) is 15.5. The van der Waals surface area contributed by atoms with Gasteiger partial charge in [-0.25, -0.2) is 4.98 Å². The SMILES string of the molecule is CN1CC(C(=O)Nc2ncc(-c3ccc4cnccc4c3)s2)C1. The molecule has 0 radical (unpaired) electrons. The van der Waals surface area contributed by atoms with Crippen molar-refractivity contribution in [2.75, 3.05) is 25.5 Å². The number of rotatable bonds is 3. The highest BCUT2D eigenvalue weighted by atomic mass is 32.1. The molecule has 0 unspecified atom stereocenters. The minimum Gasteiger partial charge on any atom is -0.305 e. The molecule has 6 heteroatoms. The van der Waals surface area contributed by atoms with Crippen molar-refractivity contribution in [2.24, 2.45) is 5.92 Å². The molecular formula is C17H16N4OS. The zero-order valence-electron chi connectivity index (χ0n) is 12.7. The van der Waals surface area contributed by atoms with Crippen molar-refractivity contribution in [1.82, 2.24) is 14.9 Å². The Morgan fingerprint density at radius 2 is 2.13 bits per heavy atom. The van der Waals surface area contributed by atoms with Crippen LogP contribution in [0, 0.1) is 5.92 Å². The van der Waals surface area contributed by atoms with Crippen LogP contribution in [0.1, 0.15) is 0 Å². The third kappa shape index (κ3) is 2.83. The number of hydrogen-bond acceptors (Lipinski definition) is 5. The van der Waals surface area contributed by atoms with Gasteiger partial charge in [-0.2, -0.15) is 0 Å². The lowest BCUT2D eigenvalue weighted by molar-refractivity contribution is -0.124. The average Bonchev–Trinajstić information content (AvgIpc) is 2.99. The second kappa shape index (κ2) is 5.72. The Morgan fingerprint density at radius 1 is 1.26 bits per heavy atom. The minimum absolute atomic E-state index is 0.0635. The van der Waals surface area contributed by atoms with Gasteiger partial charge in [0.1, 0.15) is 0 Å². The van der Waals surface area contributed by atoms with Crippen LogP contribution in [0.4, 0.5) is 5.13 Å². The predicted molar refractivity (Wildman–Crippen MR) is 92.5 cm³/mol. The molecule has 0 atom stereocenters. The number of thiazole rings is 1. The topological polar surface area (TPSA) is 58.1 Å². The Labute approximate surface area is 138 Å². The van der Waals surface area contributed by atoms with Gasteiger partial charge in [0, 0.05) is 37.1 Å². The molecular weight excluding hydrogens is 308 g/mol. The van der Waals surface area contributed by atoms with Crippen LogP contribution >= 0.6 is 11.3 Å². The number of amides is 1. The van der Waals surface area contributed by atoms with Crippen LogP contribution in [0.25, 0.3) is 21.2 Å². The quantitative estimate of drug-likeness (QED) is 0.805. The van der Waals surface area contributed by atoms with Gasteiger partial charge in [-0.3, -0.25) is 9.78 Å². The van der Waals surface area contributed by atoms with Crippen LogP contribution in [-0.4, -0.2) is 40.9 Å². The van der Waals surface area contributed by atoms with E-state index in [1.807, 2.05) is 25.5 Å². The van der Waals surface area contributed by atoms with Crippen LogP contribution in [0.15, 0.2) is 42.9 Å². The van der Waals surface area contributed by atoms with E-state index in [4.69, 9.17) is 0 Å². The summed E-state index contributed by atoms with van der Waals surface area (Å²) in [4.78, 5) is 23.7. The van der Waals surface area contributed by atoms with Gasteiger partial charge in [0.25, 0.3) is 0 Å². The van der Waals surface area contributed by atoms with Gasteiger partial charge in [-0.05, 0) is 30.1 Å². The van der Waals surface area contributed by atoms with Gasteiger partial charge in [-0.15, -0.1) is 0 Å². The highest BCUT2D eigenvalue weighted by Gasteiger charge is 2.30. The van der Waals surface area contributed by atoms with E-state index >= 15 is 0 Å². The van der Waals surface area contributed by atoms with Crippen molar-refractivity contribution in [3.05, 3.63) is 42.9 Å². The molecule has 1 fully saturated rings. The van der Waals surface area contributed by atoms with E-state index in [-0.39, 0.29) is 11.8 Å². The standard InChI is InChI=1S/C17H16N4OS/c1-21-9-14(10-21)16(22)20-17-19-8-15(23-17)12-2-3-13-7-18-5-4-11(13)6-12/h2-8,14H,9-10H2,1H3,(H,19,20,22). The third-order valence-corrected chi connectivity index (χ3v) is 5.06. The molecule has 23 heavy (non-hydrogen) atoms. The number of likely N-dealkylation sites (tertiary alicyclic amines) is 1. The zero-order chi connectivity index (χ0) is 15.8. The number of nitrogens with one attached hydrogen (secondary N) is 1. The van der Waals surface area contributed by atoms with E-state index in [1.165, 1.54) is 11.3 Å². The largest absolute Gasteiger partial charge is 0.305 e. The molecule has 0 spiro atoms. The summed E-state index contributed by atoms with van der Waals surface area (Å²) in [5.74, 6) is 0.147. The van der Waals surface area contributed by atoms with E-state index in [0.717, 1.165) is 34.3 Å². The van der Waals surface area contributed by atoms with E-state index in [0.29, 0.717) is 5.13 Å². The van der Waals surface area contributed by atoms with Crippen molar-refractivity contribution in [3.63, 3.8) is 0 Å². The molecule has 3 heterocycles. The Balaban J connectivity index is 1.53. The molecule has 0 saturated carbocycles. The number of carbonyl (C=O) groups is 1. The third-order valence-electron chi connectivity index (χ3n) is 4.10. The van der Waals surface area contributed by atoms with Gasteiger partial charge < -0.3 is 10.2 Å². The molecule has 1 amide bonds. The van der Waals surface area contributed by atoms with Crippen LogP contribution in [0.3, 0.4) is 0 Å². The summed E-state index contributed by atoms with van der Waals surface area (Å²) in [5.41, 5.74) is 1.10. The molecule has 1 aromatic carbocycles. The summed E-state index contributed by atoms with van der Waals surface area (Å²) in [6.45, 7) is 1.64. The molecule has 1 aliphatic heterocycles. The lowest BCUT2D eigenvalue weighted by atomic mass is 10.0. The number of fused-ring (bicyclic) bond motifs is 1. The fraction of sp³-hybridized carbons (Fsp3) is 0.235. The zero-order valence-corrected chi connectivity index (χ0v) is 13.5. The molecule has 0 aliphatic carbocycles. The van der Waals surface area contributed by atoms with E-state index in [9.17, 15) is 4.79 Å². The maximum atomic E-state index is 12.1. The van der Waals surface area contributed by atoms with Gasteiger partial charge >= 0.3 is 0 Å². The number of aromatic nitrogens is 2. The van der Waals surface area contributed by atoms with Crippen LogP contribution in [0.5, 0.6) is 0 Å². The number of anilines is 1. The Bertz CT molecular complexity index is 870. The van der Waals surface area contributed by atoms with E-state index in [1.54, 1.807) is 6.20 Å². The Hall–Kier alpha value is -2.31. The Morgan fingerprint density at radius 3 is 2.96 bits per heavy atom. The molecule has 2 aromatic heterocycles. The van der Waals surface area contributed by atoms with Gasteiger partial charge in [-0.1, -0.05) is 23.5 Å². The first kappa shape index (κ1) is 14.3. The maximum absolute atomic E-state index is 12.1. The lowest BCUT2D eigenvalue weighted by Gasteiger charge is -2.34. The smallest absolute Gasteiger partial charge is 0.231 e. The number of benzene rings is 1. The number of nitrogens with zero attached hydrogens (tertiary/aromatic N) is 3. The highest BCUT2D eigenvalue weighted by Crippen LogP contribution is 2.31. The van der Waals surface area contributed by atoms with Crippen molar-refractivity contribution in [3.8, 4) is 10.4 Å². The fourth-order valence-electron chi connectivity index (χ4n) is 2.77. The summed E-state index contributed by atoms with van der Waals surface area (Å²) in [6, 6.07) is 8.23. The van der Waals surface area contributed by atoms with E-state index < -0.39 is 0 Å². The molecule has 1 aliphatic rings. The first-order valence-electron chi connectivity index (χ1n) is 7.48. The van der Waals surface area contributed by atoms with Gasteiger partial charge in [0.15, 0.2) is 5.13 Å². The van der Waals surface area contributed by atoms with Crippen molar-refractivity contribution < 1.29 is 4.79 Å². The Kier molecular flexibility index (Phi) is 3.55. The summed E-state index contributed by atoms with van der Waals surface area (Å²) in [6.07, 6.45) is 5.46. The second-order valence-corrected chi connectivity index (χ2v) is 6.91. The van der Waals surface area contributed by atoms with Gasteiger partial charge in [0.2, 0.25) is 5.91 Å². The van der Waals surface area contributed by atoms with Crippen LogP contribution in [0.2, 0.25) is 0 Å². The molecule has 3 aromatic rings. The summed E-state index contributed by atoms with van der Waals surface area (Å²) in [5, 5.41) is 5.85. The summed E-state index contributed by atoms with van der Waals surface area (Å²) < 4.78 is 0. The second-order valence-electron chi connectivity index (χ2n) is 5.87. The molecule has 1 N–H and O–H groups in total. The lowest BCUT2D eigenvalue weighted by Crippen LogP contribution is -2.49. The number of carbonyl (C=O) groups excluding carboxylic acids is 1. The van der Waals surface area contributed by atoms with E-state index in [2.05, 4.69) is 38.4 Å². The molecule has 4 rings (SSSR count). The van der Waals surface area contributed by atoms with Crippen molar-refractivity contribution >= 4 is 33.1 Å². The van der Waals surface area contributed by atoms with Gasteiger partial charge in [0.05, 0.1) is 10.8 Å². The maximum Gasteiger partial charge on any atom is 0.231 e. The fourth-order valence-corrected chi connectivity index (χ4v) is 3.59. The summed E-state index contributed by atoms with van der Waals surface area (Å²) in [7, 11) is 2.01. The highest BCUT2D eigenvalue weighted by molar-refractivity contribution is 7.19. The van der Waals surface area contributed by atoms with Crippen LogP contribution in [-0.2, 0) is 4.79 Å². The molecule has 5 nitrogen and oxygen atoms in total. The monoisotopic (exact) mass is 324 g/mol. The average molecular weight is 324 g/mol. The molecule has 0 bridgehead atoms. The number of pyridine rings is 1. The van der Waals surface area contributed by atoms with Crippen LogP contribution < -0.4 is 5.32 Å². The first-order valence-corrected chi connectivity index (χ1v) is 8.30. The number of hydrogen-bond donors (Lipinski definition) is 1. The molecule has 116 valence electrons. The van der Waals surface area contributed by atoms with Crippen molar-refractivity contribution in [1.29, 1.82) is 0 Å². The predicted octanol–water partition coefficient (Wildman–Crippen LogP) is 2.86. The molecule has 1 saturated heterocycles. The first-order chi connectivity index (χ1) is 11.2. The summed E-state index contributed by atoms with van der Waals surface area (Å²) >= 11 is 1.50. The van der Waals surface area contributed by atoms with Crippen molar-refractivity contribution in [2.45, 2.75) is 0 Å².